The molecule has 26 heavy (non-hydrogen) atoms. The van der Waals surface area contributed by atoms with Gasteiger partial charge in [0, 0.05) is 16.0 Å². The molecule has 0 saturated carbocycles. The highest BCUT2D eigenvalue weighted by Gasteiger charge is 2.21. The van der Waals surface area contributed by atoms with Gasteiger partial charge in [-0.25, -0.2) is 9.78 Å². The molecule has 0 unspecified atom stereocenters. The van der Waals surface area contributed by atoms with E-state index in [2.05, 4.69) is 12.2 Å². The van der Waals surface area contributed by atoms with Gasteiger partial charge in [-0.05, 0) is 31.5 Å². The molecule has 0 bridgehead atoms. The van der Waals surface area contributed by atoms with Crippen LogP contribution in [0.3, 0.4) is 0 Å². The highest BCUT2D eigenvalue weighted by molar-refractivity contribution is 6.31. The number of hydrogen-bond acceptors (Lipinski definition) is 3. The van der Waals surface area contributed by atoms with Crippen molar-refractivity contribution in [3.63, 3.8) is 0 Å². The fourth-order valence-corrected chi connectivity index (χ4v) is 3.53. The van der Waals surface area contributed by atoms with Crippen LogP contribution in [0.5, 0.6) is 0 Å². The standard InChI is InChI=1S/C21H21ClN2O2/c1-13-15-8-5-7-11-18(15)24-19(20(13)21(25)26-3)12-23-14(2)16-9-4-6-10-17(16)22/h4-11,14,23H,12H2,1-3H3/p+1/t14-/m0/s1. The number of hydrogen-bond donors (Lipinski definition) is 1. The van der Waals surface area contributed by atoms with Crippen LogP contribution in [0.15, 0.2) is 48.5 Å². The van der Waals surface area contributed by atoms with E-state index in [4.69, 9.17) is 21.3 Å². The number of para-hydroxylation sites is 1. The molecule has 2 aromatic carbocycles. The van der Waals surface area contributed by atoms with Crippen molar-refractivity contribution in [2.45, 2.75) is 26.4 Å². The van der Waals surface area contributed by atoms with Crippen LogP contribution in [0.2, 0.25) is 5.02 Å². The van der Waals surface area contributed by atoms with E-state index in [-0.39, 0.29) is 12.0 Å². The number of ether oxygens (including phenoxy) is 1. The van der Waals surface area contributed by atoms with Gasteiger partial charge in [0.1, 0.15) is 18.3 Å². The van der Waals surface area contributed by atoms with Gasteiger partial charge in [-0.15, -0.1) is 0 Å². The van der Waals surface area contributed by atoms with Crippen molar-refractivity contribution in [1.82, 2.24) is 4.98 Å². The smallest absolute Gasteiger partial charge is 0.340 e. The second-order valence-corrected chi connectivity index (χ2v) is 6.72. The van der Waals surface area contributed by atoms with Gasteiger partial charge < -0.3 is 10.1 Å². The Hall–Kier alpha value is -2.43. The van der Waals surface area contributed by atoms with E-state index < -0.39 is 0 Å². The van der Waals surface area contributed by atoms with Gasteiger partial charge >= 0.3 is 5.97 Å². The number of fused-ring (bicyclic) bond motifs is 1. The Morgan fingerprint density at radius 1 is 1.19 bits per heavy atom. The molecule has 2 N–H and O–H groups in total. The maximum atomic E-state index is 12.4. The molecule has 0 spiro atoms. The molecule has 3 rings (SSSR count). The number of halogens is 1. The van der Waals surface area contributed by atoms with Crippen LogP contribution in [0, 0.1) is 6.92 Å². The second-order valence-electron chi connectivity index (χ2n) is 6.32. The van der Waals surface area contributed by atoms with E-state index in [0.717, 1.165) is 32.7 Å². The Balaban J connectivity index is 1.96. The second kappa shape index (κ2) is 7.85. The summed E-state index contributed by atoms with van der Waals surface area (Å²) in [7, 11) is 1.40. The first-order valence-electron chi connectivity index (χ1n) is 8.57. The lowest BCUT2D eigenvalue weighted by Crippen LogP contribution is -2.83. The topological polar surface area (TPSA) is 55.8 Å². The van der Waals surface area contributed by atoms with Crippen LogP contribution in [-0.2, 0) is 11.3 Å². The molecule has 5 heteroatoms. The third-order valence-corrected chi connectivity index (χ3v) is 5.02. The first kappa shape index (κ1) is 18.4. The van der Waals surface area contributed by atoms with Crippen molar-refractivity contribution < 1.29 is 14.8 Å². The molecule has 0 radical (unpaired) electrons. The molecule has 1 atom stereocenters. The van der Waals surface area contributed by atoms with Gasteiger partial charge in [0.15, 0.2) is 0 Å². The SMILES string of the molecule is COC(=O)c1c(C[NH2+][C@@H](C)c2ccccc2Cl)nc2ccccc2c1C. The summed E-state index contributed by atoms with van der Waals surface area (Å²) in [6, 6.07) is 15.8. The lowest BCUT2D eigenvalue weighted by atomic mass is 10.0. The quantitative estimate of drug-likeness (QED) is 0.696. The molecule has 0 saturated heterocycles. The van der Waals surface area contributed by atoms with E-state index in [1.807, 2.05) is 55.5 Å². The third-order valence-electron chi connectivity index (χ3n) is 4.68. The number of quaternary nitrogens is 1. The van der Waals surface area contributed by atoms with Gasteiger partial charge in [0.25, 0.3) is 0 Å². The number of nitrogens with zero attached hydrogens (tertiary/aromatic N) is 1. The van der Waals surface area contributed by atoms with Crippen LogP contribution in [0.4, 0.5) is 0 Å². The van der Waals surface area contributed by atoms with Crippen LogP contribution < -0.4 is 5.32 Å². The summed E-state index contributed by atoms with van der Waals surface area (Å²) in [4.78, 5) is 17.1. The van der Waals surface area contributed by atoms with Gasteiger partial charge in [-0.3, -0.25) is 0 Å². The summed E-state index contributed by atoms with van der Waals surface area (Å²) in [5.41, 5.74) is 4.12. The fourth-order valence-electron chi connectivity index (χ4n) is 3.22. The van der Waals surface area contributed by atoms with Gasteiger partial charge in [-0.2, -0.15) is 0 Å². The molecule has 134 valence electrons. The summed E-state index contributed by atoms with van der Waals surface area (Å²) < 4.78 is 5.00. The molecule has 3 aromatic rings. The van der Waals surface area contributed by atoms with Crippen LogP contribution >= 0.6 is 11.6 Å². The Morgan fingerprint density at radius 3 is 2.62 bits per heavy atom. The highest BCUT2D eigenvalue weighted by Crippen LogP contribution is 2.24. The minimum Gasteiger partial charge on any atom is -0.465 e. The lowest BCUT2D eigenvalue weighted by molar-refractivity contribution is -0.708. The molecule has 0 aliphatic rings. The molecule has 0 amide bonds. The monoisotopic (exact) mass is 369 g/mol. The number of aromatic nitrogens is 1. The van der Waals surface area contributed by atoms with Crippen molar-refractivity contribution in [3.05, 3.63) is 75.9 Å². The van der Waals surface area contributed by atoms with E-state index in [1.165, 1.54) is 7.11 Å². The maximum absolute atomic E-state index is 12.4. The Kier molecular flexibility index (Phi) is 5.55. The lowest BCUT2D eigenvalue weighted by Gasteiger charge is -2.15. The van der Waals surface area contributed by atoms with E-state index in [9.17, 15) is 4.79 Å². The van der Waals surface area contributed by atoms with Crippen LogP contribution in [-0.4, -0.2) is 18.1 Å². The number of nitrogens with two attached hydrogens (primary N) is 1. The van der Waals surface area contributed by atoms with Crippen LogP contribution in [0.1, 0.15) is 40.1 Å². The predicted octanol–water partition coefficient (Wildman–Crippen LogP) is 3.81. The third kappa shape index (κ3) is 3.57. The average molecular weight is 370 g/mol. The number of carbonyl (C=O) groups excluding carboxylic acids is 1. The van der Waals surface area contributed by atoms with E-state index >= 15 is 0 Å². The molecule has 1 heterocycles. The van der Waals surface area contributed by atoms with Gasteiger partial charge in [0.05, 0.1) is 18.2 Å². The molecule has 4 nitrogen and oxygen atoms in total. The normalized spacial score (nSPS) is 12.2. The first-order valence-corrected chi connectivity index (χ1v) is 8.95. The summed E-state index contributed by atoms with van der Waals surface area (Å²) in [6.07, 6.45) is 0. The molecular formula is C21H22ClN2O2+. The fraction of sp³-hybridized carbons (Fsp3) is 0.238. The van der Waals surface area contributed by atoms with Crippen LogP contribution in [0.25, 0.3) is 10.9 Å². The number of aryl methyl sites for hydroxylation is 1. The summed E-state index contributed by atoms with van der Waals surface area (Å²) >= 11 is 6.30. The Morgan fingerprint density at radius 2 is 1.88 bits per heavy atom. The predicted molar refractivity (Wildman–Crippen MR) is 103 cm³/mol. The average Bonchev–Trinajstić information content (AvgIpc) is 2.66. The van der Waals surface area contributed by atoms with Crippen molar-refractivity contribution in [3.8, 4) is 0 Å². The van der Waals surface area contributed by atoms with E-state index in [0.29, 0.717) is 12.1 Å². The molecular weight excluding hydrogens is 348 g/mol. The first-order chi connectivity index (χ1) is 12.5. The van der Waals surface area contributed by atoms with Crippen molar-refractivity contribution >= 4 is 28.5 Å². The minimum absolute atomic E-state index is 0.141. The largest absolute Gasteiger partial charge is 0.465 e. The van der Waals surface area contributed by atoms with Gasteiger partial charge in [0.2, 0.25) is 0 Å². The number of benzene rings is 2. The van der Waals surface area contributed by atoms with Crippen molar-refractivity contribution in [2.75, 3.05) is 7.11 Å². The van der Waals surface area contributed by atoms with Crippen molar-refractivity contribution in [2.24, 2.45) is 0 Å². The van der Waals surface area contributed by atoms with Gasteiger partial charge in [-0.1, -0.05) is 48.0 Å². The number of pyridine rings is 1. The molecule has 1 aromatic heterocycles. The number of rotatable bonds is 5. The summed E-state index contributed by atoms with van der Waals surface area (Å²) in [5.74, 6) is -0.352. The zero-order valence-electron chi connectivity index (χ0n) is 15.1. The molecule has 0 aliphatic carbocycles. The highest BCUT2D eigenvalue weighted by atomic mass is 35.5. The minimum atomic E-state index is -0.352. The van der Waals surface area contributed by atoms with E-state index in [1.54, 1.807) is 0 Å². The molecule has 0 aliphatic heterocycles. The summed E-state index contributed by atoms with van der Waals surface area (Å²) in [6.45, 7) is 4.59. The zero-order chi connectivity index (χ0) is 18.7. The Bertz CT molecular complexity index is 956. The number of carbonyl (C=O) groups is 1. The van der Waals surface area contributed by atoms with Crippen molar-refractivity contribution in [1.29, 1.82) is 0 Å². The molecule has 0 fully saturated rings. The number of esters is 1. The Labute approximate surface area is 158 Å². The maximum Gasteiger partial charge on any atom is 0.340 e. The zero-order valence-corrected chi connectivity index (χ0v) is 15.9. The summed E-state index contributed by atoms with van der Waals surface area (Å²) in [5, 5.41) is 3.84. The number of methoxy groups -OCH3 is 1.